The van der Waals surface area contributed by atoms with E-state index in [0.29, 0.717) is 12.1 Å². The summed E-state index contributed by atoms with van der Waals surface area (Å²) in [6.45, 7) is 14.2. The number of carbonyl (C=O) groups is 1. The van der Waals surface area contributed by atoms with Crippen molar-refractivity contribution in [3.8, 4) is 5.75 Å². The van der Waals surface area contributed by atoms with Crippen molar-refractivity contribution in [1.82, 2.24) is 9.55 Å². The highest BCUT2D eigenvalue weighted by atomic mass is 32.2. The van der Waals surface area contributed by atoms with Gasteiger partial charge in [-0.2, -0.15) is 0 Å². The van der Waals surface area contributed by atoms with Gasteiger partial charge in [0.25, 0.3) is 0 Å². The van der Waals surface area contributed by atoms with Gasteiger partial charge in [-0.3, -0.25) is 9.36 Å². The van der Waals surface area contributed by atoms with E-state index in [0.717, 1.165) is 39.7 Å². The molecule has 1 amide bonds. The third-order valence-corrected chi connectivity index (χ3v) is 5.75. The number of nitrogens with two attached hydrogens (primary N) is 2. The Morgan fingerprint density at radius 1 is 1.14 bits per heavy atom. The zero-order valence-electron chi connectivity index (χ0n) is 21.4. The molecule has 5 N–H and O–H groups in total. The first kappa shape index (κ1) is 29.6. The summed E-state index contributed by atoms with van der Waals surface area (Å²) >= 11 is 1.55. The molecule has 0 aliphatic carbocycles. The molecule has 0 bridgehead atoms. The van der Waals surface area contributed by atoms with E-state index < -0.39 is 0 Å². The molecule has 0 aliphatic heterocycles. The third kappa shape index (κ3) is 9.37. The predicted molar refractivity (Wildman–Crippen MR) is 151 cm³/mol. The number of hydrogen-bond donors (Lipinski definition) is 3. The first-order chi connectivity index (χ1) is 16.8. The van der Waals surface area contributed by atoms with Crippen LogP contribution in [0.25, 0.3) is 16.7 Å². The number of aromatic nitrogens is 2. The SMILES string of the molecule is C=C(Sc1ccc(CCCC(N)=O)cc1)n1ccnc1/C=C(\C)c1ccc(O)c(N)c1.CC.CC. The number of thioether (sulfide) groups is 1. The highest BCUT2D eigenvalue weighted by molar-refractivity contribution is 8.07. The Kier molecular flexibility index (Phi) is 13.1. The van der Waals surface area contributed by atoms with Crippen LogP contribution in [0.1, 0.15) is 64.4 Å². The minimum Gasteiger partial charge on any atom is -0.506 e. The van der Waals surface area contributed by atoms with Gasteiger partial charge in [0, 0.05) is 23.7 Å². The molecule has 1 aromatic heterocycles. The van der Waals surface area contributed by atoms with Crippen molar-refractivity contribution in [3.63, 3.8) is 0 Å². The Hall–Kier alpha value is -3.45. The molecule has 6 nitrogen and oxygen atoms in total. The second-order valence-corrected chi connectivity index (χ2v) is 8.36. The summed E-state index contributed by atoms with van der Waals surface area (Å²) in [4.78, 5) is 16.4. The molecular weight excluding hydrogens is 456 g/mol. The summed E-state index contributed by atoms with van der Waals surface area (Å²) in [5.74, 6) is 0.559. The minimum absolute atomic E-state index is 0.0710. The van der Waals surface area contributed by atoms with Crippen molar-refractivity contribution in [2.75, 3.05) is 5.73 Å². The van der Waals surface area contributed by atoms with Crippen molar-refractivity contribution >= 4 is 40.0 Å². The standard InChI is InChI=1S/C24H26N4O2S.2C2H6/c1-16(19-8-11-22(29)21(25)15-19)14-24-27-12-13-28(24)17(2)31-20-9-6-18(7-10-20)4-3-5-23(26)30;2*1-2/h6-15,29H,2-5,25H2,1H3,(H2,26,30);2*1-2H3/b16-14+;;. The zero-order chi connectivity index (χ0) is 26.4. The van der Waals surface area contributed by atoms with Crippen LogP contribution in [0.15, 0.2) is 66.3 Å². The molecule has 0 spiro atoms. The number of primary amides is 1. The summed E-state index contributed by atoms with van der Waals surface area (Å²) < 4.78 is 1.93. The van der Waals surface area contributed by atoms with Gasteiger partial charge in [0.2, 0.25) is 5.91 Å². The van der Waals surface area contributed by atoms with Crippen LogP contribution in [-0.4, -0.2) is 20.6 Å². The van der Waals surface area contributed by atoms with Crippen molar-refractivity contribution in [2.45, 2.75) is 58.8 Å². The molecule has 188 valence electrons. The Morgan fingerprint density at radius 3 is 2.40 bits per heavy atom. The summed E-state index contributed by atoms with van der Waals surface area (Å²) in [6, 6.07) is 13.4. The number of amides is 1. The van der Waals surface area contributed by atoms with Gasteiger partial charge >= 0.3 is 0 Å². The Labute approximate surface area is 213 Å². The van der Waals surface area contributed by atoms with Crippen LogP contribution in [0.5, 0.6) is 5.75 Å². The third-order valence-electron chi connectivity index (χ3n) is 4.81. The zero-order valence-corrected chi connectivity index (χ0v) is 22.2. The van der Waals surface area contributed by atoms with Crippen LogP contribution < -0.4 is 11.5 Å². The lowest BCUT2D eigenvalue weighted by atomic mass is 10.1. The monoisotopic (exact) mass is 494 g/mol. The van der Waals surface area contributed by atoms with Crippen LogP contribution in [-0.2, 0) is 11.2 Å². The first-order valence-corrected chi connectivity index (χ1v) is 12.7. The van der Waals surface area contributed by atoms with Crippen molar-refractivity contribution in [1.29, 1.82) is 0 Å². The molecule has 3 rings (SSSR count). The summed E-state index contributed by atoms with van der Waals surface area (Å²) in [6.07, 6.45) is 7.55. The van der Waals surface area contributed by atoms with Crippen LogP contribution in [0.3, 0.4) is 0 Å². The van der Waals surface area contributed by atoms with Crippen molar-refractivity contribution in [2.24, 2.45) is 5.73 Å². The van der Waals surface area contributed by atoms with Gasteiger partial charge in [0.15, 0.2) is 0 Å². The minimum atomic E-state index is -0.266. The molecule has 0 saturated heterocycles. The Morgan fingerprint density at radius 2 is 1.80 bits per heavy atom. The normalized spacial score (nSPS) is 10.5. The fraction of sp³-hybridized carbons (Fsp3) is 0.286. The number of anilines is 1. The molecule has 0 unspecified atom stereocenters. The number of phenols is 1. The van der Waals surface area contributed by atoms with Gasteiger partial charge < -0.3 is 16.6 Å². The van der Waals surface area contributed by atoms with Gasteiger partial charge in [-0.05, 0) is 66.8 Å². The number of allylic oxidation sites excluding steroid dienone is 1. The number of nitrogens with zero attached hydrogens (tertiary/aromatic N) is 2. The smallest absolute Gasteiger partial charge is 0.217 e. The summed E-state index contributed by atoms with van der Waals surface area (Å²) in [5, 5.41) is 10.4. The fourth-order valence-electron chi connectivity index (χ4n) is 3.09. The molecule has 0 atom stereocenters. The molecule has 35 heavy (non-hydrogen) atoms. The van der Waals surface area contributed by atoms with Crippen molar-refractivity contribution < 1.29 is 9.90 Å². The number of aryl methyl sites for hydroxylation is 1. The van der Waals surface area contributed by atoms with Crippen LogP contribution in [0.2, 0.25) is 0 Å². The van der Waals surface area contributed by atoms with Gasteiger partial charge in [0.05, 0.1) is 10.7 Å². The van der Waals surface area contributed by atoms with E-state index in [2.05, 4.69) is 23.7 Å². The molecule has 0 fully saturated rings. The quantitative estimate of drug-likeness (QED) is 0.172. The van der Waals surface area contributed by atoms with Gasteiger partial charge in [0.1, 0.15) is 11.6 Å². The average molecular weight is 495 g/mol. The fourth-order valence-corrected chi connectivity index (χ4v) is 3.88. The maximum atomic E-state index is 10.9. The van der Waals surface area contributed by atoms with Crippen LogP contribution >= 0.6 is 11.8 Å². The molecular formula is C28H38N4O2S. The molecule has 0 radical (unpaired) electrons. The van der Waals surface area contributed by atoms with E-state index in [1.165, 1.54) is 5.56 Å². The lowest BCUT2D eigenvalue weighted by molar-refractivity contribution is -0.118. The average Bonchev–Trinajstić information content (AvgIpc) is 3.32. The molecule has 0 saturated carbocycles. The van der Waals surface area contributed by atoms with Gasteiger partial charge in [-0.25, -0.2) is 4.98 Å². The highest BCUT2D eigenvalue weighted by Crippen LogP contribution is 2.31. The number of aromatic hydroxyl groups is 1. The molecule has 2 aromatic carbocycles. The number of carbonyl (C=O) groups excluding carboxylic acids is 1. The summed E-state index contributed by atoms with van der Waals surface area (Å²) in [7, 11) is 0. The highest BCUT2D eigenvalue weighted by Gasteiger charge is 2.08. The lowest BCUT2D eigenvalue weighted by Crippen LogP contribution is -2.10. The second kappa shape index (κ2) is 15.5. The largest absolute Gasteiger partial charge is 0.506 e. The lowest BCUT2D eigenvalue weighted by Gasteiger charge is -2.10. The van der Waals surface area contributed by atoms with E-state index >= 15 is 0 Å². The summed E-state index contributed by atoms with van der Waals surface area (Å²) in [5.41, 5.74) is 14.4. The number of benzene rings is 2. The van der Waals surface area contributed by atoms with E-state index in [1.807, 2.05) is 69.7 Å². The number of rotatable bonds is 9. The van der Waals surface area contributed by atoms with E-state index in [9.17, 15) is 9.90 Å². The topological polar surface area (TPSA) is 107 Å². The predicted octanol–water partition coefficient (Wildman–Crippen LogP) is 6.81. The Balaban J connectivity index is 0.00000145. The number of imidazole rings is 1. The first-order valence-electron chi connectivity index (χ1n) is 11.9. The van der Waals surface area contributed by atoms with Crippen molar-refractivity contribution in [3.05, 3.63) is 78.4 Å². The molecule has 3 aromatic rings. The molecule has 7 heteroatoms. The molecule has 1 heterocycles. The molecule has 0 aliphatic rings. The van der Waals surface area contributed by atoms with E-state index in [4.69, 9.17) is 11.5 Å². The van der Waals surface area contributed by atoms with Crippen LogP contribution in [0, 0.1) is 0 Å². The second-order valence-electron chi connectivity index (χ2n) is 7.22. The van der Waals surface area contributed by atoms with Gasteiger partial charge in [-0.15, -0.1) is 0 Å². The number of phenolic OH excluding ortho intramolecular Hbond substituents is 1. The Bertz CT molecular complexity index is 1120. The number of nitrogen functional groups attached to an aromatic ring is 1. The number of hydrogen-bond acceptors (Lipinski definition) is 5. The maximum absolute atomic E-state index is 10.9. The van der Waals surface area contributed by atoms with E-state index in [1.54, 1.807) is 30.1 Å². The van der Waals surface area contributed by atoms with Gasteiger partial charge in [-0.1, -0.05) is 64.2 Å². The maximum Gasteiger partial charge on any atom is 0.217 e. The van der Waals surface area contributed by atoms with Crippen LogP contribution in [0.4, 0.5) is 5.69 Å². The van der Waals surface area contributed by atoms with E-state index in [-0.39, 0.29) is 11.7 Å².